The van der Waals surface area contributed by atoms with E-state index in [2.05, 4.69) is 12.1 Å². The Morgan fingerprint density at radius 1 is 1.19 bits per heavy atom. The van der Waals surface area contributed by atoms with Gasteiger partial charge in [0.1, 0.15) is 5.58 Å². The molecule has 1 N–H and O–H groups in total. The molecule has 26 heavy (non-hydrogen) atoms. The standard InChI is InChI=1S/C21H18O5/c1-2-25-20-18(22)16-10-13(21(23)24)8-9-17(16)26-19(20)15-11-14(15)12-6-4-3-5-7-12/h3-10,14-15H,2,11H2,1H3,(H,23,24)/t14-,15+/m0/s1. The summed E-state index contributed by atoms with van der Waals surface area (Å²) in [5.74, 6) is 0.0661. The van der Waals surface area contributed by atoms with Gasteiger partial charge in [0.2, 0.25) is 11.2 Å². The predicted octanol–water partition coefficient (Wildman–Crippen LogP) is 4.16. The Balaban J connectivity index is 1.82. The molecule has 5 heteroatoms. The number of fused-ring (bicyclic) bond motifs is 1. The zero-order valence-electron chi connectivity index (χ0n) is 14.3. The lowest BCUT2D eigenvalue weighted by Gasteiger charge is -2.10. The summed E-state index contributed by atoms with van der Waals surface area (Å²) in [6, 6.07) is 14.4. The van der Waals surface area contributed by atoms with Crippen molar-refractivity contribution in [3.8, 4) is 5.75 Å². The van der Waals surface area contributed by atoms with Gasteiger partial charge in [-0.1, -0.05) is 30.3 Å². The molecule has 1 aromatic heterocycles. The lowest BCUT2D eigenvalue weighted by atomic mass is 10.1. The Bertz CT molecular complexity index is 1040. The van der Waals surface area contributed by atoms with Gasteiger partial charge in [-0.25, -0.2) is 4.79 Å². The minimum Gasteiger partial charge on any atom is -0.487 e. The number of carboxylic acids is 1. The summed E-state index contributed by atoms with van der Waals surface area (Å²) in [5, 5.41) is 9.39. The first-order valence-corrected chi connectivity index (χ1v) is 8.62. The molecule has 2 aromatic carbocycles. The van der Waals surface area contributed by atoms with Gasteiger partial charge < -0.3 is 14.3 Å². The summed E-state index contributed by atoms with van der Waals surface area (Å²) in [4.78, 5) is 24.1. The summed E-state index contributed by atoms with van der Waals surface area (Å²) in [6.45, 7) is 2.15. The van der Waals surface area contributed by atoms with Crippen molar-refractivity contribution in [2.75, 3.05) is 6.61 Å². The third-order valence-corrected chi connectivity index (χ3v) is 4.76. The number of hydrogen-bond donors (Lipinski definition) is 1. The Hall–Kier alpha value is -3.08. The van der Waals surface area contributed by atoms with Crippen molar-refractivity contribution >= 4 is 16.9 Å². The molecule has 4 rings (SSSR count). The van der Waals surface area contributed by atoms with Crippen LogP contribution in [0.4, 0.5) is 0 Å². The molecule has 0 radical (unpaired) electrons. The molecule has 0 bridgehead atoms. The maximum Gasteiger partial charge on any atom is 0.335 e. The molecule has 0 amide bonds. The first kappa shape index (κ1) is 16.4. The van der Waals surface area contributed by atoms with Crippen LogP contribution in [0.5, 0.6) is 5.75 Å². The molecule has 0 spiro atoms. The SMILES string of the molecule is CCOc1c([C@@H]2C[C@H]2c2ccccc2)oc2ccc(C(=O)O)cc2c1=O. The number of rotatable bonds is 5. The van der Waals surface area contributed by atoms with Crippen molar-refractivity contribution in [3.05, 3.63) is 75.6 Å². The van der Waals surface area contributed by atoms with E-state index in [1.165, 1.54) is 17.7 Å². The van der Waals surface area contributed by atoms with E-state index in [9.17, 15) is 9.59 Å². The molecule has 1 heterocycles. The van der Waals surface area contributed by atoms with Crippen LogP contribution in [0.15, 0.2) is 57.7 Å². The average molecular weight is 350 g/mol. The molecular weight excluding hydrogens is 332 g/mol. The molecule has 5 nitrogen and oxygen atoms in total. The number of carboxylic acid groups (broad SMARTS) is 1. The van der Waals surface area contributed by atoms with Crippen LogP contribution in [-0.4, -0.2) is 17.7 Å². The molecule has 0 saturated heterocycles. The minimum absolute atomic E-state index is 0.0496. The van der Waals surface area contributed by atoms with E-state index < -0.39 is 5.97 Å². The van der Waals surface area contributed by atoms with Crippen molar-refractivity contribution in [3.63, 3.8) is 0 Å². The Kier molecular flexibility index (Phi) is 3.99. The van der Waals surface area contributed by atoms with Gasteiger partial charge in [-0.15, -0.1) is 0 Å². The van der Waals surface area contributed by atoms with Crippen molar-refractivity contribution in [2.45, 2.75) is 25.2 Å². The molecule has 1 aliphatic carbocycles. The Labute approximate surface area is 149 Å². The summed E-state index contributed by atoms with van der Waals surface area (Å²) in [7, 11) is 0. The van der Waals surface area contributed by atoms with Crippen LogP contribution >= 0.6 is 0 Å². The molecule has 132 valence electrons. The largest absolute Gasteiger partial charge is 0.487 e. The van der Waals surface area contributed by atoms with Crippen molar-refractivity contribution < 1.29 is 19.1 Å². The topological polar surface area (TPSA) is 76.7 Å². The van der Waals surface area contributed by atoms with Gasteiger partial charge in [0, 0.05) is 5.92 Å². The molecule has 1 aliphatic rings. The first-order chi connectivity index (χ1) is 12.6. The molecule has 1 saturated carbocycles. The second kappa shape index (κ2) is 6.33. The number of hydrogen-bond acceptors (Lipinski definition) is 4. The van der Waals surface area contributed by atoms with Crippen LogP contribution in [0, 0.1) is 0 Å². The van der Waals surface area contributed by atoms with Crippen LogP contribution in [0.1, 0.15) is 46.9 Å². The maximum absolute atomic E-state index is 12.9. The van der Waals surface area contributed by atoms with Crippen LogP contribution < -0.4 is 10.2 Å². The zero-order chi connectivity index (χ0) is 18.3. The summed E-state index contributed by atoms with van der Waals surface area (Å²) >= 11 is 0. The van der Waals surface area contributed by atoms with E-state index >= 15 is 0 Å². The summed E-state index contributed by atoms with van der Waals surface area (Å²) in [5.41, 5.74) is 1.33. The smallest absolute Gasteiger partial charge is 0.335 e. The number of aromatic carboxylic acids is 1. The van der Waals surface area contributed by atoms with Gasteiger partial charge in [-0.2, -0.15) is 0 Å². The fourth-order valence-electron chi connectivity index (χ4n) is 3.41. The van der Waals surface area contributed by atoms with Crippen LogP contribution in [-0.2, 0) is 0 Å². The first-order valence-electron chi connectivity index (χ1n) is 8.62. The van der Waals surface area contributed by atoms with Gasteiger partial charge in [0.05, 0.1) is 17.6 Å². The second-order valence-corrected chi connectivity index (χ2v) is 6.43. The molecular formula is C21H18O5. The van der Waals surface area contributed by atoms with E-state index in [0.717, 1.165) is 6.42 Å². The molecule has 0 unspecified atom stereocenters. The number of ether oxygens (including phenoxy) is 1. The summed E-state index contributed by atoms with van der Waals surface area (Å²) < 4.78 is 11.6. The van der Waals surface area contributed by atoms with Crippen LogP contribution in [0.3, 0.4) is 0 Å². The minimum atomic E-state index is -1.08. The van der Waals surface area contributed by atoms with Gasteiger partial charge in [-0.3, -0.25) is 4.79 Å². The second-order valence-electron chi connectivity index (χ2n) is 6.43. The highest BCUT2D eigenvalue weighted by molar-refractivity contribution is 5.93. The number of benzene rings is 2. The highest BCUT2D eigenvalue weighted by atomic mass is 16.5. The van der Waals surface area contributed by atoms with Crippen molar-refractivity contribution in [2.24, 2.45) is 0 Å². The third kappa shape index (κ3) is 2.75. The highest BCUT2D eigenvalue weighted by Crippen LogP contribution is 2.56. The fraction of sp³-hybridized carbons (Fsp3) is 0.238. The Morgan fingerprint density at radius 3 is 2.65 bits per heavy atom. The van der Waals surface area contributed by atoms with Crippen LogP contribution in [0.25, 0.3) is 11.0 Å². The van der Waals surface area contributed by atoms with Gasteiger partial charge in [0.25, 0.3) is 0 Å². The van der Waals surface area contributed by atoms with E-state index in [1.807, 2.05) is 25.1 Å². The normalized spacial score (nSPS) is 18.7. The third-order valence-electron chi connectivity index (χ3n) is 4.76. The van der Waals surface area contributed by atoms with Gasteiger partial charge in [0.15, 0.2) is 5.76 Å². The van der Waals surface area contributed by atoms with Gasteiger partial charge in [-0.05, 0) is 43.0 Å². The average Bonchev–Trinajstić information content (AvgIpc) is 3.45. The van der Waals surface area contributed by atoms with Crippen molar-refractivity contribution in [1.82, 2.24) is 0 Å². The zero-order valence-corrected chi connectivity index (χ0v) is 14.3. The number of carbonyl (C=O) groups is 1. The van der Waals surface area contributed by atoms with E-state index in [4.69, 9.17) is 14.3 Å². The lowest BCUT2D eigenvalue weighted by Crippen LogP contribution is -2.12. The fourth-order valence-corrected chi connectivity index (χ4v) is 3.41. The maximum atomic E-state index is 12.9. The molecule has 2 atom stereocenters. The molecule has 3 aromatic rings. The molecule has 1 fully saturated rings. The van der Waals surface area contributed by atoms with Crippen LogP contribution in [0.2, 0.25) is 0 Å². The quantitative estimate of drug-likeness (QED) is 0.748. The van der Waals surface area contributed by atoms with Crippen molar-refractivity contribution in [1.29, 1.82) is 0 Å². The lowest BCUT2D eigenvalue weighted by molar-refractivity contribution is 0.0697. The monoisotopic (exact) mass is 350 g/mol. The van der Waals surface area contributed by atoms with E-state index in [1.54, 1.807) is 6.07 Å². The molecule has 0 aliphatic heterocycles. The highest BCUT2D eigenvalue weighted by Gasteiger charge is 2.44. The van der Waals surface area contributed by atoms with E-state index in [-0.39, 0.29) is 28.0 Å². The van der Waals surface area contributed by atoms with Gasteiger partial charge >= 0.3 is 5.97 Å². The van der Waals surface area contributed by atoms with E-state index in [0.29, 0.717) is 23.9 Å². The Morgan fingerprint density at radius 2 is 1.96 bits per heavy atom. The summed E-state index contributed by atoms with van der Waals surface area (Å²) in [6.07, 6.45) is 0.895. The predicted molar refractivity (Wildman–Crippen MR) is 97.2 cm³/mol.